The third-order valence-electron chi connectivity index (χ3n) is 4.27. The molecule has 0 aliphatic rings. The second-order valence-corrected chi connectivity index (χ2v) is 6.46. The van der Waals surface area contributed by atoms with Gasteiger partial charge in [-0.25, -0.2) is 4.98 Å². The maximum absolute atomic E-state index is 12.3. The standard InChI is InChI=1S/C23H16N2O4/c1-14-3-2-4-15(11-14)5-6-16-7-8-17-18(13-24)23(29)22(25-19(17)12-16)20(26)9-10-21(27)28/h2-4,7-8,11-12,29H,9-10H2,1H3,(H,27,28). The molecule has 6 nitrogen and oxygen atoms in total. The molecule has 0 aliphatic carbocycles. The van der Waals surface area contributed by atoms with Gasteiger partial charge in [-0.05, 0) is 36.8 Å². The highest BCUT2D eigenvalue weighted by Crippen LogP contribution is 2.29. The Hall–Kier alpha value is -4.16. The summed E-state index contributed by atoms with van der Waals surface area (Å²) in [6.07, 6.45) is -0.707. The number of aromatic hydroxyl groups is 1. The quantitative estimate of drug-likeness (QED) is 0.525. The Morgan fingerprint density at radius 1 is 1.07 bits per heavy atom. The molecule has 3 aromatic rings. The molecule has 2 N–H and O–H groups in total. The van der Waals surface area contributed by atoms with Gasteiger partial charge in [0.05, 0.1) is 11.9 Å². The van der Waals surface area contributed by atoms with Crippen LogP contribution in [-0.2, 0) is 4.79 Å². The maximum atomic E-state index is 12.3. The summed E-state index contributed by atoms with van der Waals surface area (Å²) in [5, 5.41) is 28.9. The van der Waals surface area contributed by atoms with Gasteiger partial charge in [0.25, 0.3) is 0 Å². The zero-order valence-corrected chi connectivity index (χ0v) is 15.6. The summed E-state index contributed by atoms with van der Waals surface area (Å²) >= 11 is 0. The van der Waals surface area contributed by atoms with Crippen LogP contribution in [0.2, 0.25) is 0 Å². The average molecular weight is 384 g/mol. The molecule has 29 heavy (non-hydrogen) atoms. The molecule has 0 radical (unpaired) electrons. The van der Waals surface area contributed by atoms with Gasteiger partial charge in [-0.3, -0.25) is 9.59 Å². The summed E-state index contributed by atoms with van der Waals surface area (Å²) in [6, 6.07) is 14.6. The second-order valence-electron chi connectivity index (χ2n) is 6.46. The number of carboxylic acids is 1. The van der Waals surface area contributed by atoms with E-state index in [1.165, 1.54) is 0 Å². The van der Waals surface area contributed by atoms with Crippen LogP contribution in [0.1, 0.15) is 45.6 Å². The minimum Gasteiger partial charge on any atom is -0.504 e. The molecule has 0 bridgehead atoms. The fourth-order valence-corrected chi connectivity index (χ4v) is 2.85. The Balaban J connectivity index is 2.05. The zero-order valence-electron chi connectivity index (χ0n) is 15.6. The zero-order chi connectivity index (χ0) is 21.0. The molecule has 1 heterocycles. The number of Topliss-reactive ketones (excluding diaryl/α,β-unsaturated/α-hetero) is 1. The fraction of sp³-hybridized carbons (Fsp3) is 0.130. The van der Waals surface area contributed by atoms with E-state index in [4.69, 9.17) is 5.11 Å². The smallest absolute Gasteiger partial charge is 0.303 e. The van der Waals surface area contributed by atoms with Crippen molar-refractivity contribution in [2.24, 2.45) is 0 Å². The number of hydrogen-bond acceptors (Lipinski definition) is 5. The van der Waals surface area contributed by atoms with Gasteiger partial charge in [0.15, 0.2) is 11.5 Å². The average Bonchev–Trinajstić information content (AvgIpc) is 2.70. The number of rotatable bonds is 4. The molecular weight excluding hydrogens is 368 g/mol. The molecule has 6 heteroatoms. The first-order chi connectivity index (χ1) is 13.9. The number of nitrogens with zero attached hydrogens (tertiary/aromatic N) is 2. The third kappa shape index (κ3) is 4.40. The van der Waals surface area contributed by atoms with E-state index in [0.717, 1.165) is 11.1 Å². The van der Waals surface area contributed by atoms with Crippen molar-refractivity contribution in [3.63, 3.8) is 0 Å². The van der Waals surface area contributed by atoms with Crippen molar-refractivity contribution in [1.29, 1.82) is 5.26 Å². The van der Waals surface area contributed by atoms with E-state index in [1.807, 2.05) is 37.3 Å². The third-order valence-corrected chi connectivity index (χ3v) is 4.27. The van der Waals surface area contributed by atoms with Crippen molar-refractivity contribution in [2.75, 3.05) is 0 Å². The molecule has 0 fully saturated rings. The molecule has 0 saturated heterocycles. The molecule has 0 unspecified atom stereocenters. The number of aromatic nitrogens is 1. The van der Waals surface area contributed by atoms with Crippen LogP contribution in [0.3, 0.4) is 0 Å². The van der Waals surface area contributed by atoms with Crippen molar-refractivity contribution < 1.29 is 19.8 Å². The fourth-order valence-electron chi connectivity index (χ4n) is 2.85. The van der Waals surface area contributed by atoms with Gasteiger partial charge in [0, 0.05) is 22.9 Å². The Morgan fingerprint density at radius 3 is 2.45 bits per heavy atom. The number of aliphatic carboxylic acids is 1. The van der Waals surface area contributed by atoms with Gasteiger partial charge in [0.2, 0.25) is 0 Å². The van der Waals surface area contributed by atoms with Crippen molar-refractivity contribution in [1.82, 2.24) is 4.98 Å². The largest absolute Gasteiger partial charge is 0.504 e. The first kappa shape index (κ1) is 19.6. The minimum absolute atomic E-state index is 0.0770. The van der Waals surface area contributed by atoms with E-state index in [9.17, 15) is 20.0 Å². The van der Waals surface area contributed by atoms with E-state index >= 15 is 0 Å². The maximum Gasteiger partial charge on any atom is 0.303 e. The normalized spacial score (nSPS) is 10.1. The molecule has 0 amide bonds. The van der Waals surface area contributed by atoms with Crippen LogP contribution >= 0.6 is 0 Å². The number of fused-ring (bicyclic) bond motifs is 1. The van der Waals surface area contributed by atoms with Gasteiger partial charge in [-0.15, -0.1) is 0 Å². The number of carbonyl (C=O) groups is 2. The van der Waals surface area contributed by atoms with Gasteiger partial charge in [-0.2, -0.15) is 5.26 Å². The molecule has 0 spiro atoms. The predicted molar refractivity (Wildman–Crippen MR) is 106 cm³/mol. The minimum atomic E-state index is -1.13. The first-order valence-corrected chi connectivity index (χ1v) is 8.79. The molecular formula is C23H16N2O4. The van der Waals surface area contributed by atoms with Gasteiger partial charge < -0.3 is 10.2 Å². The Bertz CT molecular complexity index is 1240. The number of carboxylic acid groups (broad SMARTS) is 1. The summed E-state index contributed by atoms with van der Waals surface area (Å²) in [5.74, 6) is 3.77. The summed E-state index contributed by atoms with van der Waals surface area (Å²) in [4.78, 5) is 27.2. The summed E-state index contributed by atoms with van der Waals surface area (Å²) in [5.41, 5.74) is 2.52. The molecule has 2 aromatic carbocycles. The summed E-state index contributed by atoms with van der Waals surface area (Å²) in [7, 11) is 0. The van der Waals surface area contributed by atoms with E-state index in [-0.39, 0.29) is 24.1 Å². The lowest BCUT2D eigenvalue weighted by Gasteiger charge is -2.08. The molecule has 1 aromatic heterocycles. The lowest BCUT2D eigenvalue weighted by molar-refractivity contribution is -0.136. The number of ketones is 1. The lowest BCUT2D eigenvalue weighted by Crippen LogP contribution is -2.07. The number of carbonyl (C=O) groups excluding carboxylic acids is 1. The first-order valence-electron chi connectivity index (χ1n) is 8.79. The van der Waals surface area contributed by atoms with Crippen molar-refractivity contribution in [3.8, 4) is 23.7 Å². The second kappa shape index (κ2) is 8.24. The monoisotopic (exact) mass is 384 g/mol. The van der Waals surface area contributed by atoms with Crippen LogP contribution in [0.4, 0.5) is 0 Å². The summed E-state index contributed by atoms with van der Waals surface area (Å²) < 4.78 is 0. The SMILES string of the molecule is Cc1cccc(C#Cc2ccc3c(C#N)c(O)c(C(=O)CCC(=O)O)nc3c2)c1. The van der Waals surface area contributed by atoms with Crippen LogP contribution in [0.25, 0.3) is 10.9 Å². The lowest BCUT2D eigenvalue weighted by atomic mass is 10.0. The number of aryl methyl sites for hydroxylation is 1. The van der Waals surface area contributed by atoms with Crippen LogP contribution in [0.5, 0.6) is 5.75 Å². The molecule has 0 aliphatic heterocycles. The highest BCUT2D eigenvalue weighted by molar-refractivity contribution is 6.02. The van der Waals surface area contributed by atoms with Crippen molar-refractivity contribution >= 4 is 22.7 Å². The molecule has 142 valence electrons. The highest BCUT2D eigenvalue weighted by Gasteiger charge is 2.20. The van der Waals surface area contributed by atoms with Crippen LogP contribution in [0.15, 0.2) is 42.5 Å². The van der Waals surface area contributed by atoms with Crippen molar-refractivity contribution in [2.45, 2.75) is 19.8 Å². The van der Waals surface area contributed by atoms with E-state index in [2.05, 4.69) is 16.8 Å². The van der Waals surface area contributed by atoms with E-state index in [0.29, 0.717) is 16.5 Å². The van der Waals surface area contributed by atoms with E-state index in [1.54, 1.807) is 18.2 Å². The van der Waals surface area contributed by atoms with Crippen LogP contribution in [-0.4, -0.2) is 26.9 Å². The molecule has 0 saturated carbocycles. The number of pyridine rings is 1. The predicted octanol–water partition coefficient (Wildman–Crippen LogP) is 3.57. The Kier molecular flexibility index (Phi) is 5.57. The van der Waals surface area contributed by atoms with Crippen LogP contribution in [0, 0.1) is 30.1 Å². The van der Waals surface area contributed by atoms with Gasteiger partial charge in [-0.1, -0.05) is 30.0 Å². The number of hydrogen-bond donors (Lipinski definition) is 2. The molecule has 0 atom stereocenters. The van der Waals surface area contributed by atoms with Gasteiger partial charge in [0.1, 0.15) is 17.3 Å². The number of benzene rings is 2. The summed E-state index contributed by atoms with van der Waals surface area (Å²) in [6.45, 7) is 1.98. The highest BCUT2D eigenvalue weighted by atomic mass is 16.4. The topological polar surface area (TPSA) is 111 Å². The van der Waals surface area contributed by atoms with Crippen molar-refractivity contribution in [3.05, 3.63) is 70.4 Å². The number of nitriles is 1. The van der Waals surface area contributed by atoms with E-state index < -0.39 is 17.5 Å². The Labute approximate surface area is 167 Å². The van der Waals surface area contributed by atoms with Crippen LogP contribution < -0.4 is 0 Å². The Morgan fingerprint density at radius 2 is 1.79 bits per heavy atom. The van der Waals surface area contributed by atoms with Gasteiger partial charge >= 0.3 is 5.97 Å². The molecule has 3 rings (SSSR count).